The van der Waals surface area contributed by atoms with Crippen LogP contribution in [0.5, 0.6) is 0 Å². The van der Waals surface area contributed by atoms with Gasteiger partial charge in [-0.15, -0.1) is 0 Å². The van der Waals surface area contributed by atoms with Crippen LogP contribution >= 0.6 is 15.9 Å². The Labute approximate surface area is 128 Å². The van der Waals surface area contributed by atoms with Crippen LogP contribution in [0.25, 0.3) is 0 Å². The van der Waals surface area contributed by atoms with Gasteiger partial charge in [0.1, 0.15) is 11.2 Å². The molecule has 0 aliphatic heterocycles. The SMILES string of the molecule is CCCC(C#N)(CCC)C(=O)Nc1ccc(Br)c(C)n1. The Morgan fingerprint density at radius 3 is 2.45 bits per heavy atom. The first-order chi connectivity index (χ1) is 9.49. The largest absolute Gasteiger partial charge is 0.309 e. The molecule has 108 valence electrons. The zero-order chi connectivity index (χ0) is 15.2. The number of anilines is 1. The number of rotatable bonds is 6. The smallest absolute Gasteiger partial charge is 0.246 e. The zero-order valence-electron chi connectivity index (χ0n) is 12.2. The Kier molecular flexibility index (Phi) is 6.15. The van der Waals surface area contributed by atoms with Crippen LogP contribution in [0, 0.1) is 23.7 Å². The number of nitrogens with one attached hydrogen (secondary N) is 1. The summed E-state index contributed by atoms with van der Waals surface area (Å²) in [6.45, 7) is 5.82. The van der Waals surface area contributed by atoms with Gasteiger partial charge < -0.3 is 5.32 Å². The highest BCUT2D eigenvalue weighted by molar-refractivity contribution is 9.10. The van der Waals surface area contributed by atoms with E-state index < -0.39 is 5.41 Å². The Hall–Kier alpha value is -1.41. The minimum atomic E-state index is -0.952. The highest BCUT2D eigenvalue weighted by atomic mass is 79.9. The molecule has 0 atom stereocenters. The average Bonchev–Trinajstić information content (AvgIpc) is 2.42. The van der Waals surface area contributed by atoms with E-state index in [0.29, 0.717) is 18.7 Å². The summed E-state index contributed by atoms with van der Waals surface area (Å²) < 4.78 is 0.893. The maximum absolute atomic E-state index is 12.5. The number of aryl methyl sites for hydroxylation is 1. The van der Waals surface area contributed by atoms with E-state index >= 15 is 0 Å². The molecule has 1 aromatic heterocycles. The van der Waals surface area contributed by atoms with E-state index in [1.807, 2.05) is 26.8 Å². The normalized spacial score (nSPS) is 10.9. The van der Waals surface area contributed by atoms with Gasteiger partial charge in [0.25, 0.3) is 0 Å². The number of nitrogens with zero attached hydrogens (tertiary/aromatic N) is 2. The van der Waals surface area contributed by atoms with Gasteiger partial charge in [-0.3, -0.25) is 4.79 Å². The van der Waals surface area contributed by atoms with Gasteiger partial charge in [0.15, 0.2) is 0 Å². The summed E-state index contributed by atoms with van der Waals surface area (Å²) in [5.74, 6) is 0.237. The molecule has 1 rings (SSSR count). The van der Waals surface area contributed by atoms with Crippen LogP contribution in [-0.2, 0) is 4.79 Å². The summed E-state index contributed by atoms with van der Waals surface area (Å²) in [5, 5.41) is 12.2. The summed E-state index contributed by atoms with van der Waals surface area (Å²) >= 11 is 3.37. The minimum absolute atomic E-state index is 0.252. The average molecular weight is 338 g/mol. The molecule has 0 saturated carbocycles. The van der Waals surface area contributed by atoms with Gasteiger partial charge in [0, 0.05) is 4.47 Å². The Morgan fingerprint density at radius 2 is 2.00 bits per heavy atom. The van der Waals surface area contributed by atoms with Crippen LogP contribution in [0.4, 0.5) is 5.82 Å². The Bertz CT molecular complexity index is 516. The monoisotopic (exact) mass is 337 g/mol. The van der Waals surface area contributed by atoms with Crippen molar-refractivity contribution in [2.24, 2.45) is 5.41 Å². The maximum atomic E-state index is 12.5. The topological polar surface area (TPSA) is 65.8 Å². The Balaban J connectivity index is 2.96. The van der Waals surface area contributed by atoms with E-state index in [1.165, 1.54) is 0 Å². The number of halogens is 1. The van der Waals surface area contributed by atoms with Crippen LogP contribution in [0.15, 0.2) is 16.6 Å². The van der Waals surface area contributed by atoms with Crippen molar-refractivity contribution in [3.63, 3.8) is 0 Å². The molecule has 0 aromatic carbocycles. The number of carbonyl (C=O) groups is 1. The molecule has 0 aliphatic carbocycles. The Morgan fingerprint density at radius 1 is 1.40 bits per heavy atom. The van der Waals surface area contributed by atoms with E-state index in [4.69, 9.17) is 0 Å². The molecule has 0 unspecified atom stereocenters. The molecule has 0 bridgehead atoms. The van der Waals surface area contributed by atoms with Crippen molar-refractivity contribution in [2.75, 3.05) is 5.32 Å². The molecule has 4 nitrogen and oxygen atoms in total. The molecule has 0 radical (unpaired) electrons. The summed E-state index contributed by atoms with van der Waals surface area (Å²) in [6.07, 6.45) is 2.74. The van der Waals surface area contributed by atoms with Gasteiger partial charge in [-0.2, -0.15) is 5.26 Å². The molecule has 20 heavy (non-hydrogen) atoms. The number of pyridine rings is 1. The number of nitriles is 1. The van der Waals surface area contributed by atoms with Crippen molar-refractivity contribution in [1.29, 1.82) is 5.26 Å². The van der Waals surface area contributed by atoms with Crippen LogP contribution < -0.4 is 5.32 Å². The van der Waals surface area contributed by atoms with E-state index in [0.717, 1.165) is 23.0 Å². The van der Waals surface area contributed by atoms with Gasteiger partial charge in [-0.25, -0.2) is 4.98 Å². The van der Waals surface area contributed by atoms with Crippen LogP contribution in [0.3, 0.4) is 0 Å². The molecular weight excluding hydrogens is 318 g/mol. The predicted molar refractivity (Wildman–Crippen MR) is 83.2 cm³/mol. The molecule has 0 aliphatic rings. The van der Waals surface area contributed by atoms with E-state index in [2.05, 4.69) is 32.3 Å². The minimum Gasteiger partial charge on any atom is -0.309 e. The van der Waals surface area contributed by atoms with Gasteiger partial charge in [-0.1, -0.05) is 26.7 Å². The standard InChI is InChI=1S/C15H20BrN3O/c1-4-8-15(10-17,9-5-2)14(20)19-13-7-6-12(16)11(3)18-13/h6-7H,4-5,8-9H2,1-3H3,(H,18,19,20). The van der Waals surface area contributed by atoms with Crippen molar-refractivity contribution >= 4 is 27.7 Å². The molecule has 1 heterocycles. The number of amides is 1. The second kappa shape index (κ2) is 7.39. The molecule has 0 saturated heterocycles. The molecule has 1 aromatic rings. The number of carbonyl (C=O) groups excluding carboxylic acids is 1. The van der Waals surface area contributed by atoms with Crippen molar-refractivity contribution in [1.82, 2.24) is 4.98 Å². The lowest BCUT2D eigenvalue weighted by Gasteiger charge is -2.24. The molecule has 5 heteroatoms. The first-order valence-corrected chi connectivity index (χ1v) is 7.64. The first-order valence-electron chi connectivity index (χ1n) is 6.85. The van der Waals surface area contributed by atoms with Crippen molar-refractivity contribution < 1.29 is 4.79 Å². The third-order valence-corrected chi connectivity index (χ3v) is 4.10. The van der Waals surface area contributed by atoms with Gasteiger partial charge in [-0.05, 0) is 47.8 Å². The number of aromatic nitrogens is 1. The summed E-state index contributed by atoms with van der Waals surface area (Å²) in [7, 11) is 0. The summed E-state index contributed by atoms with van der Waals surface area (Å²) in [4.78, 5) is 16.7. The highest BCUT2D eigenvalue weighted by Gasteiger charge is 2.37. The fourth-order valence-corrected chi connectivity index (χ4v) is 2.44. The predicted octanol–water partition coefficient (Wildman–Crippen LogP) is 4.20. The van der Waals surface area contributed by atoms with Crippen LogP contribution in [0.1, 0.15) is 45.2 Å². The van der Waals surface area contributed by atoms with Crippen molar-refractivity contribution in [3.8, 4) is 6.07 Å². The second-order valence-electron chi connectivity index (χ2n) is 4.91. The lowest BCUT2D eigenvalue weighted by atomic mass is 9.80. The molecule has 1 amide bonds. The highest BCUT2D eigenvalue weighted by Crippen LogP contribution is 2.31. The van der Waals surface area contributed by atoms with Crippen molar-refractivity contribution in [2.45, 2.75) is 46.5 Å². The van der Waals surface area contributed by atoms with Gasteiger partial charge >= 0.3 is 0 Å². The number of hydrogen-bond acceptors (Lipinski definition) is 3. The third-order valence-electron chi connectivity index (χ3n) is 3.27. The summed E-state index contributed by atoms with van der Waals surface area (Å²) in [6, 6.07) is 5.78. The zero-order valence-corrected chi connectivity index (χ0v) is 13.7. The lowest BCUT2D eigenvalue weighted by molar-refractivity contribution is -0.123. The molecule has 0 spiro atoms. The van der Waals surface area contributed by atoms with Gasteiger partial charge in [0.05, 0.1) is 11.8 Å². The third kappa shape index (κ3) is 3.80. The summed E-state index contributed by atoms with van der Waals surface area (Å²) in [5.41, 5.74) is -0.150. The van der Waals surface area contributed by atoms with E-state index in [1.54, 1.807) is 6.07 Å². The number of hydrogen-bond donors (Lipinski definition) is 1. The molecular formula is C15H20BrN3O. The first kappa shape index (κ1) is 16.6. The fourth-order valence-electron chi connectivity index (χ4n) is 2.22. The van der Waals surface area contributed by atoms with E-state index in [-0.39, 0.29) is 5.91 Å². The van der Waals surface area contributed by atoms with Crippen LogP contribution in [0.2, 0.25) is 0 Å². The van der Waals surface area contributed by atoms with Crippen LogP contribution in [-0.4, -0.2) is 10.9 Å². The maximum Gasteiger partial charge on any atom is 0.246 e. The van der Waals surface area contributed by atoms with E-state index in [9.17, 15) is 10.1 Å². The van der Waals surface area contributed by atoms with Crippen molar-refractivity contribution in [3.05, 3.63) is 22.3 Å². The quantitative estimate of drug-likeness (QED) is 0.845. The second-order valence-corrected chi connectivity index (χ2v) is 5.77. The lowest BCUT2D eigenvalue weighted by Crippen LogP contribution is -2.35. The van der Waals surface area contributed by atoms with Gasteiger partial charge in [0.2, 0.25) is 5.91 Å². The fraction of sp³-hybridized carbons (Fsp3) is 0.533. The molecule has 1 N–H and O–H groups in total. The molecule has 0 fully saturated rings.